The number of carbonyl (C=O) groups excluding carboxylic acids is 1. The molecule has 0 spiro atoms. The Kier molecular flexibility index (Phi) is 5.20. The lowest BCUT2D eigenvalue weighted by atomic mass is 10.2. The maximum atomic E-state index is 11.4. The van der Waals surface area contributed by atoms with Crippen molar-refractivity contribution in [1.82, 2.24) is 4.90 Å². The molecule has 0 saturated carbocycles. The molecule has 18 heavy (non-hydrogen) atoms. The van der Waals surface area contributed by atoms with Crippen molar-refractivity contribution in [2.75, 3.05) is 23.7 Å². The number of nitrogens with zero attached hydrogens (tertiary/aromatic N) is 1. The van der Waals surface area contributed by atoms with Crippen LogP contribution in [0.25, 0.3) is 0 Å². The Hall–Kier alpha value is -0.870. The zero-order valence-electron chi connectivity index (χ0n) is 10.5. The van der Waals surface area contributed by atoms with Crippen LogP contribution in [0.1, 0.15) is 24.8 Å². The number of halogens is 1. The number of carbonyl (C=O) groups is 1. The van der Waals surface area contributed by atoms with E-state index in [9.17, 15) is 4.79 Å². The third kappa shape index (κ3) is 4.10. The third-order valence-electron chi connectivity index (χ3n) is 3.16. The lowest BCUT2D eigenvalue weighted by Crippen LogP contribution is -2.18. The van der Waals surface area contributed by atoms with Crippen LogP contribution in [0.5, 0.6) is 0 Å². The first-order valence-electron chi connectivity index (χ1n) is 6.45. The van der Waals surface area contributed by atoms with E-state index >= 15 is 0 Å². The van der Waals surface area contributed by atoms with Crippen LogP contribution in [0.15, 0.2) is 24.3 Å². The average molecular weight is 311 g/mol. The molecule has 1 aliphatic rings. The highest BCUT2D eigenvalue weighted by atomic mass is 79.9. The summed E-state index contributed by atoms with van der Waals surface area (Å²) in [6.07, 6.45) is 3.15. The number of alkyl halides is 1. The molecule has 0 atom stereocenters. The Morgan fingerprint density at radius 3 is 2.50 bits per heavy atom. The van der Waals surface area contributed by atoms with E-state index in [1.165, 1.54) is 31.5 Å². The summed E-state index contributed by atoms with van der Waals surface area (Å²) in [5.41, 5.74) is 2.20. The molecule has 0 aromatic heterocycles. The standard InChI is InChI=1S/C14H19BrN2O/c15-8-7-14(18)16-13-5-3-12(4-6-13)11-17-9-1-2-10-17/h3-6H,1-2,7-11H2,(H,16,18). The molecular formula is C14H19BrN2O. The van der Waals surface area contributed by atoms with E-state index in [2.05, 4.69) is 38.3 Å². The Bertz CT molecular complexity index is 385. The number of rotatable bonds is 5. The van der Waals surface area contributed by atoms with Crippen LogP contribution in [-0.2, 0) is 11.3 Å². The number of nitrogens with one attached hydrogen (secondary N) is 1. The van der Waals surface area contributed by atoms with Crippen molar-refractivity contribution in [3.05, 3.63) is 29.8 Å². The molecule has 1 N–H and O–H groups in total. The summed E-state index contributed by atoms with van der Waals surface area (Å²) in [5.74, 6) is 0.0548. The second-order valence-electron chi connectivity index (χ2n) is 4.67. The molecule has 1 aromatic rings. The molecule has 2 rings (SSSR count). The van der Waals surface area contributed by atoms with E-state index in [1.54, 1.807) is 0 Å². The Balaban J connectivity index is 1.86. The SMILES string of the molecule is O=C(CCBr)Nc1ccc(CN2CCCC2)cc1. The fourth-order valence-electron chi connectivity index (χ4n) is 2.20. The molecule has 1 saturated heterocycles. The van der Waals surface area contributed by atoms with Gasteiger partial charge in [0.05, 0.1) is 0 Å². The molecule has 1 fully saturated rings. The largest absolute Gasteiger partial charge is 0.326 e. The molecule has 1 amide bonds. The second-order valence-corrected chi connectivity index (χ2v) is 5.46. The summed E-state index contributed by atoms with van der Waals surface area (Å²) in [6.45, 7) is 3.45. The minimum atomic E-state index is 0.0548. The molecule has 1 aromatic carbocycles. The van der Waals surface area contributed by atoms with Crippen molar-refractivity contribution in [3.8, 4) is 0 Å². The summed E-state index contributed by atoms with van der Waals surface area (Å²) in [6, 6.07) is 8.17. The molecule has 1 aliphatic heterocycles. The highest BCUT2D eigenvalue weighted by molar-refractivity contribution is 9.09. The van der Waals surface area contributed by atoms with Gasteiger partial charge in [-0.1, -0.05) is 28.1 Å². The monoisotopic (exact) mass is 310 g/mol. The zero-order chi connectivity index (χ0) is 12.8. The Labute approximate surface area is 117 Å². The Morgan fingerprint density at radius 1 is 1.22 bits per heavy atom. The van der Waals surface area contributed by atoms with Crippen molar-refractivity contribution in [1.29, 1.82) is 0 Å². The van der Waals surface area contributed by atoms with Gasteiger partial charge in [-0.15, -0.1) is 0 Å². The van der Waals surface area contributed by atoms with Crippen LogP contribution in [0.2, 0.25) is 0 Å². The van der Waals surface area contributed by atoms with E-state index in [0.29, 0.717) is 11.8 Å². The predicted octanol–water partition coefficient (Wildman–Crippen LogP) is 3.01. The van der Waals surface area contributed by atoms with Crippen LogP contribution in [0, 0.1) is 0 Å². The molecule has 0 radical (unpaired) electrons. The first-order chi connectivity index (χ1) is 8.78. The quantitative estimate of drug-likeness (QED) is 0.848. The number of hydrogen-bond donors (Lipinski definition) is 1. The summed E-state index contributed by atoms with van der Waals surface area (Å²) in [7, 11) is 0. The second kappa shape index (κ2) is 6.90. The van der Waals surface area contributed by atoms with Crippen molar-refractivity contribution in [2.24, 2.45) is 0 Å². The summed E-state index contributed by atoms with van der Waals surface area (Å²) >= 11 is 3.26. The minimum Gasteiger partial charge on any atom is -0.326 e. The summed E-state index contributed by atoms with van der Waals surface area (Å²) in [5, 5.41) is 3.58. The van der Waals surface area contributed by atoms with E-state index < -0.39 is 0 Å². The van der Waals surface area contributed by atoms with Crippen LogP contribution >= 0.6 is 15.9 Å². The normalized spacial score (nSPS) is 15.8. The van der Waals surface area contributed by atoms with E-state index in [0.717, 1.165) is 12.2 Å². The van der Waals surface area contributed by atoms with E-state index in [1.807, 2.05) is 12.1 Å². The van der Waals surface area contributed by atoms with E-state index in [4.69, 9.17) is 0 Å². The maximum Gasteiger partial charge on any atom is 0.225 e. The topological polar surface area (TPSA) is 32.3 Å². The van der Waals surface area contributed by atoms with Gasteiger partial charge < -0.3 is 5.32 Å². The minimum absolute atomic E-state index is 0.0548. The van der Waals surface area contributed by atoms with Crippen LogP contribution in [-0.4, -0.2) is 29.2 Å². The van der Waals surface area contributed by atoms with Gasteiger partial charge in [0.25, 0.3) is 0 Å². The molecule has 0 aliphatic carbocycles. The molecule has 3 nitrogen and oxygen atoms in total. The van der Waals surface area contributed by atoms with Gasteiger partial charge in [0.2, 0.25) is 5.91 Å². The number of amides is 1. The smallest absolute Gasteiger partial charge is 0.225 e. The van der Waals surface area contributed by atoms with Gasteiger partial charge >= 0.3 is 0 Å². The summed E-state index contributed by atoms with van der Waals surface area (Å²) in [4.78, 5) is 13.9. The molecule has 0 unspecified atom stereocenters. The van der Waals surface area contributed by atoms with Gasteiger partial charge in [-0.05, 0) is 43.6 Å². The van der Waals surface area contributed by atoms with Crippen LogP contribution < -0.4 is 5.32 Å². The lowest BCUT2D eigenvalue weighted by Gasteiger charge is -2.14. The van der Waals surface area contributed by atoms with Crippen molar-refractivity contribution in [3.63, 3.8) is 0 Å². The van der Waals surface area contributed by atoms with Crippen LogP contribution in [0.4, 0.5) is 5.69 Å². The van der Waals surface area contributed by atoms with Gasteiger partial charge in [-0.25, -0.2) is 0 Å². The highest BCUT2D eigenvalue weighted by Gasteiger charge is 2.11. The van der Waals surface area contributed by atoms with Gasteiger partial charge in [-0.3, -0.25) is 9.69 Å². The zero-order valence-corrected chi connectivity index (χ0v) is 12.1. The number of benzene rings is 1. The molecule has 0 bridgehead atoms. The molecular weight excluding hydrogens is 292 g/mol. The fraction of sp³-hybridized carbons (Fsp3) is 0.500. The number of likely N-dealkylation sites (tertiary alicyclic amines) is 1. The number of hydrogen-bond acceptors (Lipinski definition) is 2. The Morgan fingerprint density at radius 2 is 1.89 bits per heavy atom. The molecule has 98 valence electrons. The average Bonchev–Trinajstić information content (AvgIpc) is 2.85. The van der Waals surface area contributed by atoms with Crippen molar-refractivity contribution in [2.45, 2.75) is 25.8 Å². The van der Waals surface area contributed by atoms with Crippen molar-refractivity contribution >= 4 is 27.5 Å². The third-order valence-corrected chi connectivity index (χ3v) is 3.56. The maximum absolute atomic E-state index is 11.4. The predicted molar refractivity (Wildman–Crippen MR) is 78.0 cm³/mol. The summed E-state index contributed by atoms with van der Waals surface area (Å²) < 4.78 is 0. The van der Waals surface area contributed by atoms with Crippen LogP contribution in [0.3, 0.4) is 0 Å². The molecule has 4 heteroatoms. The lowest BCUT2D eigenvalue weighted by molar-refractivity contribution is -0.115. The number of anilines is 1. The van der Waals surface area contributed by atoms with Gasteiger partial charge in [0.15, 0.2) is 0 Å². The fourth-order valence-corrected chi connectivity index (χ4v) is 2.56. The molecule has 1 heterocycles. The van der Waals surface area contributed by atoms with Gasteiger partial charge in [-0.2, -0.15) is 0 Å². The van der Waals surface area contributed by atoms with Crippen molar-refractivity contribution < 1.29 is 4.79 Å². The first kappa shape index (κ1) is 13.6. The van der Waals surface area contributed by atoms with Gasteiger partial charge in [0.1, 0.15) is 0 Å². The highest BCUT2D eigenvalue weighted by Crippen LogP contribution is 2.15. The first-order valence-corrected chi connectivity index (χ1v) is 7.57. The van der Waals surface area contributed by atoms with E-state index in [-0.39, 0.29) is 5.91 Å². The van der Waals surface area contributed by atoms with Gasteiger partial charge in [0, 0.05) is 24.0 Å².